The number of terminal acetylenes is 1. The molecule has 1 aromatic rings. The van der Waals surface area contributed by atoms with Crippen molar-refractivity contribution in [1.82, 2.24) is 0 Å². The van der Waals surface area contributed by atoms with E-state index in [9.17, 15) is 0 Å². The van der Waals surface area contributed by atoms with Gasteiger partial charge in [0.05, 0.1) is 0 Å². The van der Waals surface area contributed by atoms with Gasteiger partial charge in [-0.3, -0.25) is 0 Å². The van der Waals surface area contributed by atoms with E-state index in [2.05, 4.69) is 46.6 Å². The zero-order chi connectivity index (χ0) is 13.7. The van der Waals surface area contributed by atoms with Crippen LogP contribution in [0.15, 0.2) is 6.07 Å². The first kappa shape index (κ1) is 14.8. The number of unbranched alkanes of at least 4 members (excludes halogenated alkanes) is 2. The first-order chi connectivity index (χ1) is 8.52. The molecule has 1 rings (SSSR count). The van der Waals surface area contributed by atoms with E-state index in [0.717, 1.165) is 6.42 Å². The van der Waals surface area contributed by atoms with Gasteiger partial charge in [-0.15, -0.1) is 6.42 Å². The Labute approximate surface area is 113 Å². The Morgan fingerprint density at radius 3 is 2.06 bits per heavy atom. The summed E-state index contributed by atoms with van der Waals surface area (Å²) in [6.45, 7) is 11.0. The van der Waals surface area contributed by atoms with Gasteiger partial charge < -0.3 is 0 Å². The molecule has 0 heteroatoms. The van der Waals surface area contributed by atoms with Gasteiger partial charge in [-0.25, -0.2) is 0 Å². The quantitative estimate of drug-likeness (QED) is 0.490. The highest BCUT2D eigenvalue weighted by molar-refractivity contribution is 5.48. The molecule has 1 aromatic carbocycles. The molecular formula is C18H26. The van der Waals surface area contributed by atoms with Gasteiger partial charge in [0, 0.05) is 5.92 Å². The smallest absolute Gasteiger partial charge is 0.0455 e. The summed E-state index contributed by atoms with van der Waals surface area (Å²) in [4.78, 5) is 0. The van der Waals surface area contributed by atoms with Crippen molar-refractivity contribution in [2.24, 2.45) is 0 Å². The predicted octanol–water partition coefficient (Wildman–Crippen LogP) is 5.22. The molecule has 0 amide bonds. The van der Waals surface area contributed by atoms with Crippen LogP contribution in [0.5, 0.6) is 0 Å². The fourth-order valence-corrected chi connectivity index (χ4v) is 2.68. The molecule has 0 spiro atoms. The summed E-state index contributed by atoms with van der Waals surface area (Å²) >= 11 is 0. The van der Waals surface area contributed by atoms with E-state index in [-0.39, 0.29) is 5.92 Å². The third-order valence-electron chi connectivity index (χ3n) is 4.07. The van der Waals surface area contributed by atoms with Crippen LogP contribution in [0.2, 0.25) is 0 Å². The number of benzene rings is 1. The second-order valence-corrected chi connectivity index (χ2v) is 5.39. The van der Waals surface area contributed by atoms with Crippen LogP contribution in [0, 0.1) is 40.0 Å². The summed E-state index contributed by atoms with van der Waals surface area (Å²) in [6, 6.07) is 2.27. The molecule has 0 N–H and O–H groups in total. The second kappa shape index (κ2) is 6.64. The van der Waals surface area contributed by atoms with E-state index in [4.69, 9.17) is 6.42 Å². The Morgan fingerprint density at radius 1 is 1.06 bits per heavy atom. The molecule has 0 aliphatic rings. The summed E-state index contributed by atoms with van der Waals surface area (Å²) in [5.41, 5.74) is 6.91. The minimum absolute atomic E-state index is 0.287. The van der Waals surface area contributed by atoms with Crippen molar-refractivity contribution in [2.45, 2.75) is 66.2 Å². The topological polar surface area (TPSA) is 0 Å². The van der Waals surface area contributed by atoms with Crippen molar-refractivity contribution in [3.05, 3.63) is 33.9 Å². The first-order valence-corrected chi connectivity index (χ1v) is 7.06. The lowest BCUT2D eigenvalue weighted by molar-refractivity contribution is 0.633. The highest BCUT2D eigenvalue weighted by Crippen LogP contribution is 2.31. The number of hydrogen-bond acceptors (Lipinski definition) is 0. The molecule has 0 nitrogen and oxygen atoms in total. The number of hydrogen-bond donors (Lipinski definition) is 0. The van der Waals surface area contributed by atoms with Crippen LogP contribution in [0.1, 0.15) is 66.3 Å². The van der Waals surface area contributed by atoms with E-state index in [1.807, 2.05) is 0 Å². The van der Waals surface area contributed by atoms with E-state index in [0.29, 0.717) is 0 Å². The van der Waals surface area contributed by atoms with E-state index >= 15 is 0 Å². The van der Waals surface area contributed by atoms with Gasteiger partial charge in [-0.2, -0.15) is 0 Å². The van der Waals surface area contributed by atoms with Gasteiger partial charge >= 0.3 is 0 Å². The number of rotatable bonds is 5. The molecule has 0 aliphatic carbocycles. The van der Waals surface area contributed by atoms with Crippen molar-refractivity contribution in [2.75, 3.05) is 0 Å². The van der Waals surface area contributed by atoms with Crippen molar-refractivity contribution < 1.29 is 0 Å². The molecule has 1 atom stereocenters. The lowest BCUT2D eigenvalue weighted by atomic mass is 9.84. The third kappa shape index (κ3) is 3.16. The van der Waals surface area contributed by atoms with Crippen molar-refractivity contribution in [1.29, 1.82) is 0 Å². The molecule has 98 valence electrons. The lowest BCUT2D eigenvalue weighted by Crippen LogP contribution is -2.05. The third-order valence-corrected chi connectivity index (χ3v) is 4.07. The summed E-state index contributed by atoms with van der Waals surface area (Å²) in [6.07, 6.45) is 10.7. The van der Waals surface area contributed by atoms with Crippen molar-refractivity contribution >= 4 is 0 Å². The summed E-state index contributed by atoms with van der Waals surface area (Å²) < 4.78 is 0. The average molecular weight is 242 g/mol. The van der Waals surface area contributed by atoms with Crippen LogP contribution in [-0.4, -0.2) is 0 Å². The molecule has 0 aliphatic heterocycles. The maximum Gasteiger partial charge on any atom is 0.0455 e. The molecule has 0 bridgehead atoms. The lowest BCUT2D eigenvalue weighted by Gasteiger charge is -2.20. The molecule has 0 saturated carbocycles. The van der Waals surface area contributed by atoms with Crippen LogP contribution in [-0.2, 0) is 0 Å². The highest BCUT2D eigenvalue weighted by Gasteiger charge is 2.16. The first-order valence-electron chi connectivity index (χ1n) is 7.06. The normalized spacial score (nSPS) is 12.2. The SMILES string of the molecule is C#CC(CCCCC)c1c(C)c(C)cc(C)c1C. The van der Waals surface area contributed by atoms with E-state index in [1.165, 1.54) is 47.1 Å². The zero-order valence-electron chi connectivity index (χ0n) is 12.6. The highest BCUT2D eigenvalue weighted by atomic mass is 14.2. The van der Waals surface area contributed by atoms with Crippen LogP contribution in [0.3, 0.4) is 0 Å². The summed E-state index contributed by atoms with van der Waals surface area (Å²) in [7, 11) is 0. The Morgan fingerprint density at radius 2 is 1.61 bits per heavy atom. The molecule has 0 heterocycles. The predicted molar refractivity (Wildman–Crippen MR) is 81.1 cm³/mol. The summed E-state index contributed by atoms with van der Waals surface area (Å²) in [5.74, 6) is 3.30. The van der Waals surface area contributed by atoms with E-state index < -0.39 is 0 Å². The Hall–Kier alpha value is -1.22. The minimum atomic E-state index is 0.287. The van der Waals surface area contributed by atoms with Crippen molar-refractivity contribution in [3.63, 3.8) is 0 Å². The Kier molecular flexibility index (Phi) is 5.48. The maximum atomic E-state index is 5.77. The Bertz CT molecular complexity index is 420. The average Bonchev–Trinajstić information content (AvgIpc) is 2.35. The Balaban J connectivity index is 3.09. The van der Waals surface area contributed by atoms with Gasteiger partial charge in [-0.1, -0.05) is 38.2 Å². The zero-order valence-corrected chi connectivity index (χ0v) is 12.6. The van der Waals surface area contributed by atoms with Gasteiger partial charge in [0.15, 0.2) is 0 Å². The van der Waals surface area contributed by atoms with Crippen LogP contribution < -0.4 is 0 Å². The monoisotopic (exact) mass is 242 g/mol. The molecule has 0 saturated heterocycles. The van der Waals surface area contributed by atoms with Crippen molar-refractivity contribution in [3.8, 4) is 12.3 Å². The standard InChI is InChI=1S/C18H26/c1-7-9-10-11-17(8-2)18-15(5)13(3)12-14(4)16(18)6/h2,12,17H,7,9-11H2,1,3-6H3. The van der Waals surface area contributed by atoms with Gasteiger partial charge in [-0.05, 0) is 61.9 Å². The van der Waals surface area contributed by atoms with Crippen LogP contribution in [0.25, 0.3) is 0 Å². The fourth-order valence-electron chi connectivity index (χ4n) is 2.68. The van der Waals surface area contributed by atoms with Gasteiger partial charge in [0.1, 0.15) is 0 Å². The number of aryl methyl sites for hydroxylation is 2. The molecule has 0 radical (unpaired) electrons. The van der Waals surface area contributed by atoms with Crippen LogP contribution >= 0.6 is 0 Å². The van der Waals surface area contributed by atoms with E-state index in [1.54, 1.807) is 0 Å². The van der Waals surface area contributed by atoms with Gasteiger partial charge in [0.2, 0.25) is 0 Å². The molecule has 18 heavy (non-hydrogen) atoms. The van der Waals surface area contributed by atoms with Crippen LogP contribution in [0.4, 0.5) is 0 Å². The van der Waals surface area contributed by atoms with Gasteiger partial charge in [0.25, 0.3) is 0 Å². The molecular weight excluding hydrogens is 216 g/mol. The fraction of sp³-hybridized carbons (Fsp3) is 0.556. The minimum Gasteiger partial charge on any atom is -0.119 e. The maximum absolute atomic E-state index is 5.77. The second-order valence-electron chi connectivity index (χ2n) is 5.39. The summed E-state index contributed by atoms with van der Waals surface area (Å²) in [5, 5.41) is 0. The largest absolute Gasteiger partial charge is 0.119 e. The molecule has 1 unspecified atom stereocenters. The molecule has 0 fully saturated rings. The molecule has 0 aromatic heterocycles.